The third-order valence-electron chi connectivity index (χ3n) is 4.47. The number of nitrogens with zero attached hydrogens (tertiary/aromatic N) is 1. The van der Waals surface area contributed by atoms with E-state index < -0.39 is 11.9 Å². The van der Waals surface area contributed by atoms with Gasteiger partial charge in [0.15, 0.2) is 0 Å². The van der Waals surface area contributed by atoms with Gasteiger partial charge in [-0.05, 0) is 32.1 Å². The highest BCUT2D eigenvalue weighted by Gasteiger charge is 2.36. The second-order valence-electron chi connectivity index (χ2n) is 6.06. The molecule has 0 bridgehead atoms. The Morgan fingerprint density at radius 2 is 1.76 bits per heavy atom. The number of aliphatic carboxylic acids is 1. The Morgan fingerprint density at radius 3 is 2.24 bits per heavy atom. The Balaban J connectivity index is 1.72. The van der Waals surface area contributed by atoms with Crippen LogP contribution < -0.4 is 5.32 Å². The van der Waals surface area contributed by atoms with Crippen LogP contribution >= 0.6 is 0 Å². The number of likely N-dealkylation sites (tertiary alicyclic amines) is 1. The van der Waals surface area contributed by atoms with Crippen LogP contribution in [0.15, 0.2) is 0 Å². The molecule has 1 aliphatic heterocycles. The SMILES string of the molecule is CCC(CNC(=O)C1CCN(C(=O)C2CC2)CC1)C(=O)O. The van der Waals surface area contributed by atoms with Gasteiger partial charge in [-0.1, -0.05) is 6.92 Å². The van der Waals surface area contributed by atoms with E-state index in [-0.39, 0.29) is 30.2 Å². The topological polar surface area (TPSA) is 86.7 Å². The molecular weight excluding hydrogens is 272 g/mol. The van der Waals surface area contributed by atoms with E-state index in [1.807, 2.05) is 4.90 Å². The van der Waals surface area contributed by atoms with Gasteiger partial charge in [-0.15, -0.1) is 0 Å². The Morgan fingerprint density at radius 1 is 1.14 bits per heavy atom. The molecule has 2 aliphatic rings. The maximum Gasteiger partial charge on any atom is 0.308 e. The van der Waals surface area contributed by atoms with Gasteiger partial charge in [-0.25, -0.2) is 0 Å². The van der Waals surface area contributed by atoms with Gasteiger partial charge in [-0.2, -0.15) is 0 Å². The number of piperidine rings is 1. The van der Waals surface area contributed by atoms with Gasteiger partial charge in [0, 0.05) is 31.5 Å². The van der Waals surface area contributed by atoms with Crippen LogP contribution in [0, 0.1) is 17.8 Å². The van der Waals surface area contributed by atoms with Gasteiger partial charge in [0.2, 0.25) is 11.8 Å². The van der Waals surface area contributed by atoms with E-state index in [9.17, 15) is 14.4 Å². The summed E-state index contributed by atoms with van der Waals surface area (Å²) in [5.74, 6) is -1.09. The van der Waals surface area contributed by atoms with Crippen LogP contribution in [0.2, 0.25) is 0 Å². The highest BCUT2D eigenvalue weighted by molar-refractivity contribution is 5.82. The van der Waals surface area contributed by atoms with Gasteiger partial charge in [0.05, 0.1) is 5.92 Å². The Hall–Kier alpha value is -1.59. The van der Waals surface area contributed by atoms with E-state index in [2.05, 4.69) is 5.32 Å². The van der Waals surface area contributed by atoms with Crippen molar-refractivity contribution in [3.05, 3.63) is 0 Å². The van der Waals surface area contributed by atoms with Crippen LogP contribution in [-0.2, 0) is 14.4 Å². The summed E-state index contributed by atoms with van der Waals surface area (Å²) in [5, 5.41) is 11.7. The fourth-order valence-corrected chi connectivity index (χ4v) is 2.72. The van der Waals surface area contributed by atoms with Crippen molar-refractivity contribution in [1.82, 2.24) is 10.2 Å². The second-order valence-corrected chi connectivity index (χ2v) is 6.06. The predicted octanol–water partition coefficient (Wildman–Crippen LogP) is 0.862. The molecule has 2 N–H and O–H groups in total. The third kappa shape index (κ3) is 4.19. The van der Waals surface area contributed by atoms with Crippen molar-refractivity contribution in [3.63, 3.8) is 0 Å². The molecule has 2 amide bonds. The van der Waals surface area contributed by atoms with Crippen molar-refractivity contribution < 1.29 is 19.5 Å². The number of amides is 2. The molecular formula is C15H24N2O4. The first-order chi connectivity index (χ1) is 10.0. The molecule has 6 nitrogen and oxygen atoms in total. The molecule has 0 aromatic rings. The van der Waals surface area contributed by atoms with Gasteiger partial charge >= 0.3 is 5.97 Å². The van der Waals surface area contributed by atoms with E-state index in [1.165, 1.54) is 0 Å². The lowest BCUT2D eigenvalue weighted by Crippen LogP contribution is -2.44. The molecule has 2 rings (SSSR count). The maximum absolute atomic E-state index is 12.1. The molecule has 0 aromatic heterocycles. The normalized spacial score (nSPS) is 20.9. The van der Waals surface area contributed by atoms with Crippen molar-refractivity contribution in [3.8, 4) is 0 Å². The summed E-state index contributed by atoms with van der Waals surface area (Å²) in [6.45, 7) is 3.27. The highest BCUT2D eigenvalue weighted by Crippen LogP contribution is 2.32. The van der Waals surface area contributed by atoms with E-state index >= 15 is 0 Å². The van der Waals surface area contributed by atoms with Crippen LogP contribution in [0.4, 0.5) is 0 Å². The molecule has 2 fully saturated rings. The van der Waals surface area contributed by atoms with Gasteiger partial charge < -0.3 is 15.3 Å². The lowest BCUT2D eigenvalue weighted by Gasteiger charge is -2.31. The zero-order valence-corrected chi connectivity index (χ0v) is 12.5. The van der Waals surface area contributed by atoms with Crippen molar-refractivity contribution in [1.29, 1.82) is 0 Å². The summed E-state index contributed by atoms with van der Waals surface area (Å²) in [6, 6.07) is 0. The monoisotopic (exact) mass is 296 g/mol. The van der Waals surface area contributed by atoms with Gasteiger partial charge in [0.25, 0.3) is 0 Å². The van der Waals surface area contributed by atoms with Crippen molar-refractivity contribution in [2.45, 2.75) is 39.0 Å². The standard InChI is InChI=1S/C15H24N2O4/c1-2-10(15(20)21)9-16-13(18)11-5-7-17(8-6-11)14(19)12-3-4-12/h10-12H,2-9H2,1H3,(H,16,18)(H,20,21). The summed E-state index contributed by atoms with van der Waals surface area (Å²) in [6.07, 6.45) is 3.87. The van der Waals surface area contributed by atoms with Crippen molar-refractivity contribution in [2.24, 2.45) is 17.8 Å². The number of carbonyl (C=O) groups excluding carboxylic acids is 2. The van der Waals surface area contributed by atoms with Gasteiger partial charge in [0.1, 0.15) is 0 Å². The van der Waals surface area contributed by atoms with E-state index in [0.29, 0.717) is 32.4 Å². The number of carboxylic acid groups (broad SMARTS) is 1. The second kappa shape index (κ2) is 6.91. The Bertz CT molecular complexity index is 412. The van der Waals surface area contributed by atoms with Crippen molar-refractivity contribution in [2.75, 3.05) is 19.6 Å². The Kier molecular flexibility index (Phi) is 5.20. The first kappa shape index (κ1) is 15.8. The molecule has 0 radical (unpaired) electrons. The summed E-state index contributed by atoms with van der Waals surface area (Å²) in [7, 11) is 0. The quantitative estimate of drug-likeness (QED) is 0.761. The number of nitrogens with one attached hydrogen (secondary N) is 1. The molecule has 0 aromatic carbocycles. The minimum Gasteiger partial charge on any atom is -0.481 e. The maximum atomic E-state index is 12.1. The summed E-state index contributed by atoms with van der Waals surface area (Å²) in [5.41, 5.74) is 0. The summed E-state index contributed by atoms with van der Waals surface area (Å²) >= 11 is 0. The zero-order valence-electron chi connectivity index (χ0n) is 12.5. The summed E-state index contributed by atoms with van der Waals surface area (Å²) in [4.78, 5) is 36.8. The molecule has 6 heteroatoms. The van der Waals surface area contributed by atoms with Gasteiger partial charge in [-0.3, -0.25) is 14.4 Å². The minimum atomic E-state index is -0.873. The molecule has 0 spiro atoms. The van der Waals surface area contributed by atoms with Crippen LogP contribution in [-0.4, -0.2) is 47.4 Å². The average Bonchev–Trinajstić information content (AvgIpc) is 3.31. The lowest BCUT2D eigenvalue weighted by atomic mass is 9.95. The lowest BCUT2D eigenvalue weighted by molar-refractivity contribution is -0.142. The van der Waals surface area contributed by atoms with Crippen LogP contribution in [0.25, 0.3) is 0 Å². The Labute approximate surface area is 124 Å². The molecule has 21 heavy (non-hydrogen) atoms. The number of carboxylic acids is 1. The largest absolute Gasteiger partial charge is 0.481 e. The molecule has 1 aliphatic carbocycles. The highest BCUT2D eigenvalue weighted by atomic mass is 16.4. The number of rotatable bonds is 6. The van der Waals surface area contributed by atoms with Crippen LogP contribution in [0.1, 0.15) is 39.0 Å². The smallest absolute Gasteiger partial charge is 0.308 e. The predicted molar refractivity (Wildman–Crippen MR) is 76.5 cm³/mol. The first-order valence-electron chi connectivity index (χ1n) is 7.82. The number of carbonyl (C=O) groups is 3. The minimum absolute atomic E-state index is 0.0757. The first-order valence-corrected chi connectivity index (χ1v) is 7.82. The summed E-state index contributed by atoms with van der Waals surface area (Å²) < 4.78 is 0. The van der Waals surface area contributed by atoms with Crippen LogP contribution in [0.5, 0.6) is 0 Å². The van der Waals surface area contributed by atoms with Crippen LogP contribution in [0.3, 0.4) is 0 Å². The fourth-order valence-electron chi connectivity index (χ4n) is 2.72. The molecule has 1 atom stereocenters. The fraction of sp³-hybridized carbons (Fsp3) is 0.800. The van der Waals surface area contributed by atoms with E-state index in [0.717, 1.165) is 12.8 Å². The molecule has 1 saturated heterocycles. The van der Waals surface area contributed by atoms with E-state index in [1.54, 1.807) is 6.92 Å². The molecule has 118 valence electrons. The third-order valence-corrected chi connectivity index (χ3v) is 4.47. The molecule has 1 saturated carbocycles. The molecule has 1 heterocycles. The number of hydrogen-bond acceptors (Lipinski definition) is 3. The van der Waals surface area contributed by atoms with Crippen molar-refractivity contribution >= 4 is 17.8 Å². The average molecular weight is 296 g/mol. The molecule has 1 unspecified atom stereocenters. The zero-order chi connectivity index (χ0) is 15.4. The van der Waals surface area contributed by atoms with E-state index in [4.69, 9.17) is 5.11 Å². The number of hydrogen-bond donors (Lipinski definition) is 2.